The van der Waals surface area contributed by atoms with E-state index < -0.39 is 0 Å². The molecule has 86 valence electrons. The van der Waals surface area contributed by atoms with Crippen LogP contribution in [0.1, 0.15) is 32.6 Å². The second-order valence-corrected chi connectivity index (χ2v) is 4.11. The summed E-state index contributed by atoms with van der Waals surface area (Å²) < 4.78 is 0. The lowest BCUT2D eigenvalue weighted by atomic mass is 10.2. The molecule has 0 aliphatic carbocycles. The number of nitrogens with zero attached hydrogens (tertiary/aromatic N) is 2. The molecule has 1 N–H and O–H groups in total. The van der Waals surface area contributed by atoms with E-state index in [1.807, 2.05) is 29.5 Å². The van der Waals surface area contributed by atoms with Gasteiger partial charge < -0.3 is 0 Å². The van der Waals surface area contributed by atoms with Crippen LogP contribution in [0.3, 0.4) is 0 Å². The van der Waals surface area contributed by atoms with Crippen molar-refractivity contribution in [1.29, 1.82) is 0 Å². The van der Waals surface area contributed by atoms with Gasteiger partial charge in [0, 0.05) is 0 Å². The maximum absolute atomic E-state index is 4.46. The number of nitrogens with one attached hydrogen (secondary N) is 1. The smallest absolute Gasteiger partial charge is 0.118 e. The molecule has 1 aliphatic heterocycles. The number of hydrogen-bond donors (Lipinski definition) is 1. The molecule has 0 fully saturated rings. The number of benzene rings is 1. The summed E-state index contributed by atoms with van der Waals surface area (Å²) in [5.74, 6) is 0. The average molecular weight is 217 g/mol. The van der Waals surface area contributed by atoms with Crippen LogP contribution < -0.4 is 10.4 Å². The van der Waals surface area contributed by atoms with Crippen molar-refractivity contribution in [3.63, 3.8) is 0 Å². The van der Waals surface area contributed by atoms with Gasteiger partial charge in [-0.3, -0.25) is 10.0 Å². The van der Waals surface area contributed by atoms with Gasteiger partial charge in [-0.25, -0.2) is 5.43 Å². The third kappa shape index (κ3) is 2.83. The van der Waals surface area contributed by atoms with Crippen LogP contribution in [0.4, 0.5) is 5.69 Å². The van der Waals surface area contributed by atoms with Gasteiger partial charge >= 0.3 is 0 Å². The van der Waals surface area contributed by atoms with Crippen molar-refractivity contribution in [3.05, 3.63) is 30.3 Å². The van der Waals surface area contributed by atoms with Crippen molar-refractivity contribution >= 4 is 12.0 Å². The lowest BCUT2D eigenvalue weighted by Gasteiger charge is -2.17. The second kappa shape index (κ2) is 5.66. The standard InChI is InChI=1S/C13H19N3/c1-2-3-5-10-13-14-11-16(15-13)12-8-6-4-7-9-12/h4,6-9,11,13,15H,2-3,5,10H2,1H3. The molecule has 0 saturated heterocycles. The Bertz CT molecular complexity index is 334. The molecule has 0 aromatic heterocycles. The number of anilines is 1. The molecule has 1 aromatic rings. The first kappa shape index (κ1) is 11.1. The van der Waals surface area contributed by atoms with Gasteiger partial charge in [0.1, 0.15) is 12.5 Å². The first-order chi connectivity index (χ1) is 7.90. The molecule has 0 bridgehead atoms. The summed E-state index contributed by atoms with van der Waals surface area (Å²) in [5.41, 5.74) is 4.52. The highest BCUT2D eigenvalue weighted by molar-refractivity contribution is 5.79. The van der Waals surface area contributed by atoms with Crippen LogP contribution in [0.2, 0.25) is 0 Å². The quantitative estimate of drug-likeness (QED) is 0.768. The van der Waals surface area contributed by atoms with E-state index in [2.05, 4.69) is 29.5 Å². The van der Waals surface area contributed by atoms with Crippen LogP contribution in [-0.2, 0) is 0 Å². The van der Waals surface area contributed by atoms with Crippen molar-refractivity contribution in [1.82, 2.24) is 5.43 Å². The molecular weight excluding hydrogens is 198 g/mol. The average Bonchev–Trinajstić information content (AvgIpc) is 2.79. The topological polar surface area (TPSA) is 27.6 Å². The minimum atomic E-state index is 0.256. The highest BCUT2D eigenvalue weighted by Crippen LogP contribution is 2.15. The summed E-state index contributed by atoms with van der Waals surface area (Å²) in [6.45, 7) is 2.22. The zero-order valence-electron chi connectivity index (χ0n) is 9.76. The third-order valence-electron chi connectivity index (χ3n) is 2.77. The Kier molecular flexibility index (Phi) is 3.94. The monoisotopic (exact) mass is 217 g/mol. The zero-order chi connectivity index (χ0) is 11.2. The summed E-state index contributed by atoms with van der Waals surface area (Å²) >= 11 is 0. The molecule has 3 nitrogen and oxygen atoms in total. The minimum Gasteiger partial charge on any atom is -0.264 e. The molecule has 0 saturated carbocycles. The van der Waals surface area contributed by atoms with E-state index in [1.165, 1.54) is 19.3 Å². The number of rotatable bonds is 5. The fourth-order valence-electron chi connectivity index (χ4n) is 1.83. The van der Waals surface area contributed by atoms with Gasteiger partial charge in [-0.15, -0.1) is 0 Å². The summed E-state index contributed by atoms with van der Waals surface area (Å²) in [5, 5.41) is 2.00. The zero-order valence-corrected chi connectivity index (χ0v) is 9.76. The van der Waals surface area contributed by atoms with E-state index in [0.717, 1.165) is 12.1 Å². The first-order valence-corrected chi connectivity index (χ1v) is 6.04. The Morgan fingerprint density at radius 3 is 2.81 bits per heavy atom. The van der Waals surface area contributed by atoms with Crippen LogP contribution >= 0.6 is 0 Å². The van der Waals surface area contributed by atoms with Crippen LogP contribution in [0.5, 0.6) is 0 Å². The van der Waals surface area contributed by atoms with Crippen molar-refractivity contribution < 1.29 is 0 Å². The number of unbranched alkanes of at least 4 members (excludes halogenated alkanes) is 2. The van der Waals surface area contributed by atoms with Crippen molar-refractivity contribution in [2.75, 3.05) is 5.01 Å². The van der Waals surface area contributed by atoms with Crippen molar-refractivity contribution in [2.45, 2.75) is 38.8 Å². The second-order valence-electron chi connectivity index (χ2n) is 4.11. The fraction of sp³-hybridized carbons (Fsp3) is 0.462. The van der Waals surface area contributed by atoms with Gasteiger partial charge in [-0.1, -0.05) is 38.0 Å². The fourth-order valence-corrected chi connectivity index (χ4v) is 1.83. The van der Waals surface area contributed by atoms with E-state index in [0.29, 0.717) is 0 Å². The van der Waals surface area contributed by atoms with Crippen LogP contribution in [0.25, 0.3) is 0 Å². The van der Waals surface area contributed by atoms with E-state index in [1.54, 1.807) is 0 Å². The van der Waals surface area contributed by atoms with Crippen LogP contribution in [0.15, 0.2) is 35.3 Å². The van der Waals surface area contributed by atoms with E-state index in [-0.39, 0.29) is 6.17 Å². The number of aliphatic imine (C=N–C) groups is 1. The predicted octanol–water partition coefficient (Wildman–Crippen LogP) is 2.95. The molecule has 3 heteroatoms. The molecule has 16 heavy (non-hydrogen) atoms. The minimum absolute atomic E-state index is 0.256. The number of hydrazine groups is 1. The van der Waals surface area contributed by atoms with Gasteiger partial charge in [0.05, 0.1) is 5.69 Å². The first-order valence-electron chi connectivity index (χ1n) is 6.04. The Morgan fingerprint density at radius 1 is 1.25 bits per heavy atom. The summed E-state index contributed by atoms with van der Waals surface area (Å²) in [7, 11) is 0. The van der Waals surface area contributed by atoms with Crippen LogP contribution in [0, 0.1) is 0 Å². The van der Waals surface area contributed by atoms with Gasteiger partial charge in [-0.05, 0) is 25.0 Å². The number of para-hydroxylation sites is 1. The Labute approximate surface area is 97.2 Å². The Morgan fingerprint density at radius 2 is 2.06 bits per heavy atom. The summed E-state index contributed by atoms with van der Waals surface area (Å²) in [6.07, 6.45) is 7.05. The van der Waals surface area contributed by atoms with Gasteiger partial charge in [-0.2, -0.15) is 0 Å². The van der Waals surface area contributed by atoms with E-state index in [9.17, 15) is 0 Å². The van der Waals surface area contributed by atoms with E-state index in [4.69, 9.17) is 0 Å². The third-order valence-corrected chi connectivity index (χ3v) is 2.77. The van der Waals surface area contributed by atoms with Gasteiger partial charge in [0.25, 0.3) is 0 Å². The van der Waals surface area contributed by atoms with Gasteiger partial charge in [0.2, 0.25) is 0 Å². The summed E-state index contributed by atoms with van der Waals surface area (Å²) in [6, 6.07) is 10.3. The Balaban J connectivity index is 1.83. The molecule has 1 unspecified atom stereocenters. The lowest BCUT2D eigenvalue weighted by Crippen LogP contribution is -2.36. The van der Waals surface area contributed by atoms with Crippen molar-refractivity contribution in [2.24, 2.45) is 4.99 Å². The molecule has 0 radical (unpaired) electrons. The molecular formula is C13H19N3. The largest absolute Gasteiger partial charge is 0.264 e. The number of hydrogen-bond acceptors (Lipinski definition) is 3. The summed E-state index contributed by atoms with van der Waals surface area (Å²) in [4.78, 5) is 4.46. The molecule has 2 rings (SSSR count). The molecule has 0 spiro atoms. The van der Waals surface area contributed by atoms with Crippen molar-refractivity contribution in [3.8, 4) is 0 Å². The molecule has 1 aromatic carbocycles. The highest BCUT2D eigenvalue weighted by Gasteiger charge is 2.16. The predicted molar refractivity (Wildman–Crippen MR) is 68.5 cm³/mol. The maximum Gasteiger partial charge on any atom is 0.118 e. The lowest BCUT2D eigenvalue weighted by molar-refractivity contribution is 0.509. The normalized spacial score (nSPS) is 19.3. The van der Waals surface area contributed by atoms with Gasteiger partial charge in [0.15, 0.2) is 0 Å². The molecule has 1 aliphatic rings. The van der Waals surface area contributed by atoms with E-state index >= 15 is 0 Å². The molecule has 0 amide bonds. The van der Waals surface area contributed by atoms with Crippen LogP contribution in [-0.4, -0.2) is 12.5 Å². The highest BCUT2D eigenvalue weighted by atomic mass is 15.6. The molecule has 1 heterocycles. The molecule has 1 atom stereocenters. The SMILES string of the molecule is CCCCCC1N=CN(c2ccccc2)N1. The Hall–Kier alpha value is -1.35. The maximum atomic E-state index is 4.46.